The highest BCUT2D eigenvalue weighted by atomic mass is 16.4. The number of carboxylic acids is 1. The van der Waals surface area contributed by atoms with Gasteiger partial charge in [-0.3, -0.25) is 9.59 Å². The van der Waals surface area contributed by atoms with Crippen molar-refractivity contribution in [3.05, 3.63) is 24.3 Å². The predicted molar refractivity (Wildman–Crippen MR) is 97.1 cm³/mol. The Bertz CT molecular complexity index is 469. The van der Waals surface area contributed by atoms with Crippen molar-refractivity contribution in [2.45, 2.75) is 76.9 Å². The van der Waals surface area contributed by atoms with Crippen molar-refractivity contribution in [1.82, 2.24) is 0 Å². The van der Waals surface area contributed by atoms with Crippen molar-refractivity contribution in [2.75, 3.05) is 0 Å². The van der Waals surface area contributed by atoms with E-state index in [0.29, 0.717) is 32.1 Å². The quantitative estimate of drug-likeness (QED) is 0.285. The Hall–Kier alpha value is -1.46. The maximum absolute atomic E-state index is 11.9. The van der Waals surface area contributed by atoms with E-state index >= 15 is 0 Å². The first-order valence-electron chi connectivity index (χ1n) is 9.39. The van der Waals surface area contributed by atoms with Crippen LogP contribution in [0.25, 0.3) is 0 Å². The molecule has 0 saturated heterocycles. The van der Waals surface area contributed by atoms with E-state index in [1.807, 2.05) is 12.2 Å². The lowest BCUT2D eigenvalue weighted by Gasteiger charge is -2.19. The van der Waals surface area contributed by atoms with E-state index in [9.17, 15) is 19.8 Å². The maximum Gasteiger partial charge on any atom is 0.303 e. The van der Waals surface area contributed by atoms with E-state index in [0.717, 1.165) is 19.3 Å². The van der Waals surface area contributed by atoms with Gasteiger partial charge < -0.3 is 15.3 Å². The first-order valence-corrected chi connectivity index (χ1v) is 9.39. The Morgan fingerprint density at radius 1 is 1.04 bits per heavy atom. The topological polar surface area (TPSA) is 94.8 Å². The minimum Gasteiger partial charge on any atom is -0.481 e. The normalized spacial score (nSPS) is 26.7. The maximum atomic E-state index is 11.9. The van der Waals surface area contributed by atoms with E-state index in [1.165, 1.54) is 0 Å². The number of aliphatic hydroxyl groups excluding tert-OH is 2. The molecule has 25 heavy (non-hydrogen) atoms. The van der Waals surface area contributed by atoms with Gasteiger partial charge in [0.2, 0.25) is 0 Å². The molecule has 0 aliphatic heterocycles. The van der Waals surface area contributed by atoms with Gasteiger partial charge >= 0.3 is 5.97 Å². The van der Waals surface area contributed by atoms with Crippen LogP contribution in [0.15, 0.2) is 24.3 Å². The lowest BCUT2D eigenvalue weighted by molar-refractivity contribution is -0.137. The first kappa shape index (κ1) is 21.6. The SMILES string of the molecule is CCCCCC(=O)C=C[C@@H]1[C@H](CC=CCCCC(=O)O)[C@H](O)C[C@H]1O. The average Bonchev–Trinajstić information content (AvgIpc) is 2.82. The number of aliphatic carboxylic acids is 1. The number of carbonyl (C=O) groups is 2. The van der Waals surface area contributed by atoms with Gasteiger partial charge in [-0.25, -0.2) is 0 Å². The van der Waals surface area contributed by atoms with E-state index in [4.69, 9.17) is 5.11 Å². The zero-order chi connectivity index (χ0) is 18.7. The average molecular weight is 352 g/mol. The highest BCUT2D eigenvalue weighted by molar-refractivity contribution is 5.89. The molecule has 0 bridgehead atoms. The molecule has 0 amide bonds. The molecule has 1 aliphatic carbocycles. The summed E-state index contributed by atoms with van der Waals surface area (Å²) >= 11 is 0. The van der Waals surface area contributed by atoms with Crippen molar-refractivity contribution in [3.63, 3.8) is 0 Å². The molecule has 142 valence electrons. The second-order valence-corrected chi connectivity index (χ2v) is 6.89. The van der Waals surface area contributed by atoms with Crippen molar-refractivity contribution < 1.29 is 24.9 Å². The molecule has 1 rings (SSSR count). The molecule has 0 spiro atoms. The van der Waals surface area contributed by atoms with E-state index < -0.39 is 18.2 Å². The largest absolute Gasteiger partial charge is 0.481 e. The molecule has 1 fully saturated rings. The molecule has 1 saturated carbocycles. The molecule has 3 N–H and O–H groups in total. The molecule has 0 aromatic carbocycles. The lowest BCUT2D eigenvalue weighted by Crippen LogP contribution is -2.20. The number of ketones is 1. The third kappa shape index (κ3) is 8.45. The highest BCUT2D eigenvalue weighted by Crippen LogP contribution is 2.36. The van der Waals surface area contributed by atoms with E-state index in [1.54, 1.807) is 12.2 Å². The van der Waals surface area contributed by atoms with Crippen LogP contribution in [0.1, 0.15) is 64.7 Å². The number of unbranched alkanes of at least 4 members (excludes halogenated alkanes) is 3. The van der Waals surface area contributed by atoms with Gasteiger partial charge in [0.15, 0.2) is 5.78 Å². The molecule has 0 unspecified atom stereocenters. The van der Waals surface area contributed by atoms with Gasteiger partial charge in [-0.1, -0.05) is 38.0 Å². The van der Waals surface area contributed by atoms with Crippen molar-refractivity contribution in [3.8, 4) is 0 Å². The second kappa shape index (κ2) is 12.0. The summed E-state index contributed by atoms with van der Waals surface area (Å²) in [6.07, 6.45) is 11.9. The summed E-state index contributed by atoms with van der Waals surface area (Å²) < 4.78 is 0. The number of rotatable bonds is 12. The number of aliphatic hydroxyl groups is 2. The van der Waals surface area contributed by atoms with Crippen LogP contribution in [0.3, 0.4) is 0 Å². The van der Waals surface area contributed by atoms with Crippen LogP contribution in [0.2, 0.25) is 0 Å². The van der Waals surface area contributed by atoms with Crippen LogP contribution in [-0.4, -0.2) is 39.3 Å². The number of hydrogen-bond donors (Lipinski definition) is 3. The monoisotopic (exact) mass is 352 g/mol. The van der Waals surface area contributed by atoms with Crippen LogP contribution in [0.4, 0.5) is 0 Å². The van der Waals surface area contributed by atoms with E-state index in [-0.39, 0.29) is 24.0 Å². The van der Waals surface area contributed by atoms with Gasteiger partial charge in [-0.05, 0) is 37.7 Å². The molecule has 0 aromatic heterocycles. The van der Waals surface area contributed by atoms with E-state index in [2.05, 4.69) is 6.92 Å². The van der Waals surface area contributed by atoms with Crippen molar-refractivity contribution >= 4 is 11.8 Å². The van der Waals surface area contributed by atoms with Crippen LogP contribution >= 0.6 is 0 Å². The molecule has 5 heteroatoms. The minimum atomic E-state index is -0.795. The Morgan fingerprint density at radius 2 is 1.80 bits per heavy atom. The third-order valence-electron chi connectivity index (χ3n) is 4.78. The van der Waals surface area contributed by atoms with Gasteiger partial charge in [0.1, 0.15) is 0 Å². The molecule has 5 nitrogen and oxygen atoms in total. The molecule has 0 radical (unpaired) electrons. The molecule has 0 heterocycles. The van der Waals surface area contributed by atoms with Gasteiger partial charge in [0.05, 0.1) is 12.2 Å². The first-order chi connectivity index (χ1) is 12.0. The number of allylic oxidation sites excluding steroid dienone is 3. The van der Waals surface area contributed by atoms with Gasteiger partial charge in [-0.15, -0.1) is 0 Å². The fourth-order valence-electron chi connectivity index (χ4n) is 3.30. The Kier molecular flexibility index (Phi) is 10.3. The molecule has 0 aromatic rings. The van der Waals surface area contributed by atoms with Crippen LogP contribution in [0.5, 0.6) is 0 Å². The van der Waals surface area contributed by atoms with Crippen LogP contribution in [-0.2, 0) is 9.59 Å². The van der Waals surface area contributed by atoms with Crippen LogP contribution < -0.4 is 0 Å². The lowest BCUT2D eigenvalue weighted by atomic mass is 9.89. The third-order valence-corrected chi connectivity index (χ3v) is 4.78. The van der Waals surface area contributed by atoms with Gasteiger partial charge in [0.25, 0.3) is 0 Å². The fraction of sp³-hybridized carbons (Fsp3) is 0.700. The number of hydrogen-bond acceptors (Lipinski definition) is 4. The number of carboxylic acid groups (broad SMARTS) is 1. The zero-order valence-electron chi connectivity index (χ0n) is 15.1. The Morgan fingerprint density at radius 3 is 2.48 bits per heavy atom. The summed E-state index contributed by atoms with van der Waals surface area (Å²) in [5.74, 6) is -1.04. The minimum absolute atomic E-state index is 0.0741. The van der Waals surface area contributed by atoms with Crippen molar-refractivity contribution in [1.29, 1.82) is 0 Å². The highest BCUT2D eigenvalue weighted by Gasteiger charge is 2.39. The summed E-state index contributed by atoms with van der Waals surface area (Å²) in [4.78, 5) is 22.3. The summed E-state index contributed by atoms with van der Waals surface area (Å²) in [7, 11) is 0. The summed E-state index contributed by atoms with van der Waals surface area (Å²) in [5.41, 5.74) is 0. The molecule has 1 aliphatic rings. The number of carbonyl (C=O) groups excluding carboxylic acids is 1. The predicted octanol–water partition coefficient (Wildman–Crippen LogP) is 3.25. The standard InChI is InChI=1S/C20H32O5/c1-2-3-6-9-15(21)12-13-17-16(18(22)14-19(17)23)10-7-4-5-8-11-20(24)25/h4,7,12-13,16-19,22-23H,2-3,5-6,8-11,14H2,1H3,(H,24,25)/t16-,17+,18+,19+/m0/s1. The zero-order valence-corrected chi connectivity index (χ0v) is 15.1. The Balaban J connectivity index is 2.48. The molecular weight excluding hydrogens is 320 g/mol. The summed E-state index contributed by atoms with van der Waals surface area (Å²) in [5, 5.41) is 28.9. The fourth-order valence-corrected chi connectivity index (χ4v) is 3.30. The van der Waals surface area contributed by atoms with Gasteiger partial charge in [-0.2, -0.15) is 0 Å². The summed E-state index contributed by atoms with van der Waals surface area (Å²) in [6.45, 7) is 2.09. The second-order valence-electron chi connectivity index (χ2n) is 6.89. The smallest absolute Gasteiger partial charge is 0.303 e. The molecule has 4 atom stereocenters. The summed E-state index contributed by atoms with van der Waals surface area (Å²) in [6, 6.07) is 0. The Labute approximate surface area is 150 Å². The van der Waals surface area contributed by atoms with Gasteiger partial charge in [0, 0.05) is 25.2 Å². The molecular formula is C20H32O5. The van der Waals surface area contributed by atoms with Crippen molar-refractivity contribution in [2.24, 2.45) is 11.8 Å². The van der Waals surface area contributed by atoms with Crippen LogP contribution in [0, 0.1) is 11.8 Å².